The molecule has 2 heterocycles. The number of hydrogen-bond acceptors (Lipinski definition) is 5. The topological polar surface area (TPSA) is 93.5 Å². The highest BCUT2D eigenvalue weighted by molar-refractivity contribution is 6.07. The summed E-state index contributed by atoms with van der Waals surface area (Å²) in [5.74, 6) is -1.06. The largest absolute Gasteiger partial charge is 0.488 e. The van der Waals surface area contributed by atoms with Crippen molar-refractivity contribution in [2.24, 2.45) is 0 Å². The summed E-state index contributed by atoms with van der Waals surface area (Å²) in [6.45, 7) is 1.81. The summed E-state index contributed by atoms with van der Waals surface area (Å²) in [4.78, 5) is 25.3. The first kappa shape index (κ1) is 21.1. The van der Waals surface area contributed by atoms with Gasteiger partial charge in [-0.3, -0.25) is 20.2 Å². The Morgan fingerprint density at radius 1 is 1.06 bits per heavy atom. The van der Waals surface area contributed by atoms with Crippen LogP contribution < -0.4 is 15.4 Å². The Balaban J connectivity index is 1.56. The van der Waals surface area contributed by atoms with Gasteiger partial charge in [0.1, 0.15) is 18.2 Å². The molecule has 0 saturated carbocycles. The maximum absolute atomic E-state index is 14.1. The number of anilines is 1. The predicted octanol–water partition coefficient (Wildman–Crippen LogP) is 3.97. The van der Waals surface area contributed by atoms with E-state index in [1.165, 1.54) is 6.07 Å². The van der Waals surface area contributed by atoms with Gasteiger partial charge in [-0.1, -0.05) is 54.6 Å². The van der Waals surface area contributed by atoms with E-state index in [-0.39, 0.29) is 17.3 Å². The highest BCUT2D eigenvalue weighted by Gasteiger charge is 2.67. The van der Waals surface area contributed by atoms with Crippen molar-refractivity contribution in [2.75, 3.05) is 5.32 Å². The lowest BCUT2D eigenvalue weighted by atomic mass is 9.78. The maximum Gasteiger partial charge on any atom is 0.256 e. The van der Waals surface area contributed by atoms with Gasteiger partial charge in [0.2, 0.25) is 0 Å². The van der Waals surface area contributed by atoms with Crippen LogP contribution in [0.1, 0.15) is 29.5 Å². The number of halogens is 1. The van der Waals surface area contributed by atoms with Crippen LogP contribution in [-0.4, -0.2) is 22.9 Å². The molecule has 0 aromatic heterocycles. The number of para-hydroxylation sites is 2. The Kier molecular flexibility index (Phi) is 5.09. The first-order valence-electron chi connectivity index (χ1n) is 10.7. The Hall–Kier alpha value is -3.78. The minimum Gasteiger partial charge on any atom is -0.488 e. The second kappa shape index (κ2) is 7.97. The van der Waals surface area contributed by atoms with Gasteiger partial charge in [-0.25, -0.2) is 4.39 Å². The third-order valence-corrected chi connectivity index (χ3v) is 6.58. The summed E-state index contributed by atoms with van der Waals surface area (Å²) in [5.41, 5.74) is 0.624. The smallest absolute Gasteiger partial charge is 0.256 e. The number of benzene rings is 3. The van der Waals surface area contributed by atoms with Crippen LogP contribution in [0.5, 0.6) is 5.75 Å². The molecule has 2 N–H and O–H groups in total. The minimum atomic E-state index is -1.50. The molecule has 1 amide bonds. The summed E-state index contributed by atoms with van der Waals surface area (Å²) in [5, 5.41) is 18.5. The van der Waals surface area contributed by atoms with Crippen LogP contribution in [0.2, 0.25) is 0 Å². The molecule has 3 aromatic rings. The highest BCUT2D eigenvalue weighted by Crippen LogP contribution is 2.50. The number of ether oxygens (including phenoxy) is 1. The molecular weight excluding hydrogens is 425 g/mol. The van der Waals surface area contributed by atoms with Gasteiger partial charge in [0.05, 0.1) is 5.92 Å². The zero-order valence-corrected chi connectivity index (χ0v) is 17.8. The monoisotopic (exact) mass is 447 g/mol. The van der Waals surface area contributed by atoms with E-state index >= 15 is 0 Å². The molecule has 1 spiro atoms. The summed E-state index contributed by atoms with van der Waals surface area (Å²) >= 11 is 0. The first-order valence-corrected chi connectivity index (χ1v) is 10.7. The van der Waals surface area contributed by atoms with Gasteiger partial charge < -0.3 is 10.1 Å². The van der Waals surface area contributed by atoms with E-state index in [9.17, 15) is 19.3 Å². The average molecular weight is 447 g/mol. The van der Waals surface area contributed by atoms with Gasteiger partial charge in [0.15, 0.2) is 5.54 Å². The van der Waals surface area contributed by atoms with Crippen molar-refractivity contribution in [3.05, 3.63) is 105 Å². The lowest BCUT2D eigenvalue weighted by molar-refractivity contribution is -0.532. The Bertz CT molecular complexity index is 1250. The summed E-state index contributed by atoms with van der Waals surface area (Å²) in [7, 11) is 0. The van der Waals surface area contributed by atoms with Gasteiger partial charge >= 0.3 is 0 Å². The molecular formula is C25H22FN3O4. The van der Waals surface area contributed by atoms with E-state index in [0.29, 0.717) is 28.1 Å². The van der Waals surface area contributed by atoms with Crippen molar-refractivity contribution < 1.29 is 18.8 Å². The van der Waals surface area contributed by atoms with E-state index in [1.54, 1.807) is 66.7 Å². The highest BCUT2D eigenvalue weighted by atomic mass is 19.1. The lowest BCUT2D eigenvalue weighted by Gasteiger charge is -2.26. The van der Waals surface area contributed by atoms with Crippen molar-refractivity contribution in [3.8, 4) is 5.75 Å². The predicted molar refractivity (Wildman–Crippen MR) is 120 cm³/mol. The fraction of sp³-hybridized carbons (Fsp3) is 0.240. The number of hydrogen-bond donors (Lipinski definition) is 2. The van der Waals surface area contributed by atoms with Gasteiger partial charge in [-0.2, -0.15) is 0 Å². The first-order chi connectivity index (χ1) is 15.9. The Morgan fingerprint density at radius 2 is 1.76 bits per heavy atom. The number of fused-ring (bicyclic) bond motifs is 2. The van der Waals surface area contributed by atoms with Crippen molar-refractivity contribution in [2.45, 2.75) is 37.1 Å². The molecule has 0 aliphatic carbocycles. The maximum atomic E-state index is 14.1. The Morgan fingerprint density at radius 3 is 2.55 bits per heavy atom. The minimum absolute atomic E-state index is 0.0180. The zero-order valence-electron chi connectivity index (χ0n) is 17.8. The second-order valence-electron chi connectivity index (χ2n) is 8.41. The van der Waals surface area contributed by atoms with E-state index in [1.807, 2.05) is 6.92 Å². The number of carbonyl (C=O) groups is 1. The molecule has 8 heteroatoms. The SMILES string of the molecule is C[C@@H]1N[C@]2(C(=O)Nc3ccccc32)[C@@H]([N+](=O)[O-])[C@@H]1c1ccccc1OCc1ccccc1F. The third kappa shape index (κ3) is 3.25. The third-order valence-electron chi connectivity index (χ3n) is 6.58. The second-order valence-corrected chi connectivity index (χ2v) is 8.41. The average Bonchev–Trinajstić information content (AvgIpc) is 3.27. The zero-order chi connectivity index (χ0) is 23.2. The molecule has 0 radical (unpaired) electrons. The van der Waals surface area contributed by atoms with Crippen molar-refractivity contribution in [1.82, 2.24) is 5.32 Å². The molecule has 7 nitrogen and oxygen atoms in total. The molecule has 1 fully saturated rings. The lowest BCUT2D eigenvalue weighted by Crippen LogP contribution is -2.54. The summed E-state index contributed by atoms with van der Waals surface area (Å²) in [6.07, 6.45) is 0. The number of rotatable bonds is 5. The normalized spacial score (nSPS) is 25.6. The molecule has 2 aliphatic rings. The van der Waals surface area contributed by atoms with Crippen LogP contribution in [0.3, 0.4) is 0 Å². The molecule has 168 valence electrons. The number of nitrogens with zero attached hydrogens (tertiary/aromatic N) is 1. The quantitative estimate of drug-likeness (QED) is 0.456. The standard InChI is InChI=1S/C25H22FN3O4/c1-15-22(17-9-3-7-13-21(17)33-14-16-8-2-5-11-19(16)26)23(29(31)32)25(28-15)18-10-4-6-12-20(18)27-24(25)30/h2-13,15,22-23,28H,14H2,1H3,(H,27,30)/t15-,22-,23-,25-/m0/s1. The van der Waals surface area contributed by atoms with Gasteiger partial charge in [-0.05, 0) is 25.1 Å². The number of nitro groups is 1. The fourth-order valence-corrected chi connectivity index (χ4v) is 5.18. The Labute approximate surface area is 189 Å². The van der Waals surface area contributed by atoms with Crippen molar-refractivity contribution in [1.29, 1.82) is 0 Å². The van der Waals surface area contributed by atoms with E-state index < -0.39 is 29.4 Å². The van der Waals surface area contributed by atoms with Crippen LogP contribution in [0.15, 0.2) is 72.8 Å². The molecule has 5 rings (SSSR count). The summed E-state index contributed by atoms with van der Waals surface area (Å²) in [6, 6.07) is 18.7. The number of nitrogens with one attached hydrogen (secondary N) is 2. The van der Waals surface area contributed by atoms with Crippen LogP contribution in [0.25, 0.3) is 0 Å². The van der Waals surface area contributed by atoms with Crippen molar-refractivity contribution >= 4 is 11.6 Å². The summed E-state index contributed by atoms with van der Waals surface area (Å²) < 4.78 is 20.0. The van der Waals surface area contributed by atoms with Crippen LogP contribution in [-0.2, 0) is 16.9 Å². The molecule has 0 unspecified atom stereocenters. The van der Waals surface area contributed by atoms with Gasteiger partial charge in [0.25, 0.3) is 11.9 Å². The van der Waals surface area contributed by atoms with Crippen LogP contribution in [0, 0.1) is 15.9 Å². The van der Waals surface area contributed by atoms with E-state index in [2.05, 4.69) is 10.6 Å². The molecule has 4 atom stereocenters. The van der Waals surface area contributed by atoms with Crippen LogP contribution in [0.4, 0.5) is 10.1 Å². The van der Waals surface area contributed by atoms with Crippen molar-refractivity contribution in [3.63, 3.8) is 0 Å². The molecule has 1 saturated heterocycles. The van der Waals surface area contributed by atoms with E-state index in [0.717, 1.165) is 0 Å². The number of amides is 1. The van der Waals surface area contributed by atoms with Crippen LogP contribution >= 0.6 is 0 Å². The molecule has 0 bridgehead atoms. The fourth-order valence-electron chi connectivity index (χ4n) is 5.18. The molecule has 33 heavy (non-hydrogen) atoms. The van der Waals surface area contributed by atoms with Gasteiger partial charge in [0, 0.05) is 33.3 Å². The number of carbonyl (C=O) groups excluding carboxylic acids is 1. The van der Waals surface area contributed by atoms with Gasteiger partial charge in [-0.15, -0.1) is 0 Å². The van der Waals surface area contributed by atoms with E-state index in [4.69, 9.17) is 4.74 Å². The molecule has 2 aliphatic heterocycles. The molecule has 3 aromatic carbocycles.